The summed E-state index contributed by atoms with van der Waals surface area (Å²) in [7, 11) is 0. The van der Waals surface area contributed by atoms with Crippen molar-refractivity contribution in [3.05, 3.63) is 30.5 Å². The van der Waals surface area contributed by atoms with Crippen molar-refractivity contribution in [3.63, 3.8) is 0 Å². The molecule has 2 aromatic rings. The number of aromatic nitrogens is 1. The molecule has 0 radical (unpaired) electrons. The van der Waals surface area contributed by atoms with E-state index in [-0.39, 0.29) is 12.1 Å². The zero-order valence-electron chi connectivity index (χ0n) is 11.6. The number of anilines is 2. The number of nitrogens with two attached hydrogens (primary N) is 1. The number of rotatable bonds is 3. The molecular weight excluding hydrogens is 250 g/mol. The lowest BCUT2D eigenvalue weighted by molar-refractivity contribution is 0.173. The second-order valence-corrected chi connectivity index (χ2v) is 5.73. The van der Waals surface area contributed by atoms with Gasteiger partial charge >= 0.3 is 0 Å². The minimum atomic E-state index is -0.197. The third-order valence-corrected chi connectivity index (χ3v) is 4.32. The summed E-state index contributed by atoms with van der Waals surface area (Å²) in [5.41, 5.74) is 8.31. The summed E-state index contributed by atoms with van der Waals surface area (Å²) in [6.45, 7) is 0.166. The van der Waals surface area contributed by atoms with Crippen molar-refractivity contribution in [2.75, 3.05) is 17.7 Å². The Bertz CT molecular complexity index is 606. The fourth-order valence-corrected chi connectivity index (χ4v) is 3.14. The smallest absolute Gasteiger partial charge is 0.0951 e. The number of fused-ring (bicyclic) bond motifs is 1. The highest BCUT2D eigenvalue weighted by molar-refractivity contribution is 5.97. The molecule has 1 aliphatic rings. The highest BCUT2D eigenvalue weighted by atomic mass is 16.3. The molecule has 0 atom stereocenters. The molecule has 0 saturated heterocycles. The molecule has 0 amide bonds. The van der Waals surface area contributed by atoms with Crippen LogP contribution in [0.15, 0.2) is 30.5 Å². The Kier molecular flexibility index (Phi) is 3.49. The van der Waals surface area contributed by atoms with Crippen molar-refractivity contribution in [2.24, 2.45) is 0 Å². The molecule has 1 aliphatic carbocycles. The maximum atomic E-state index is 9.83. The quantitative estimate of drug-likeness (QED) is 0.751. The number of nitrogen functional groups attached to an aromatic ring is 1. The van der Waals surface area contributed by atoms with E-state index in [9.17, 15) is 5.11 Å². The van der Waals surface area contributed by atoms with E-state index in [4.69, 9.17) is 5.73 Å². The SMILES string of the molecule is Nc1cccc2c(NC3(CO)CCCCC3)ccnc12. The van der Waals surface area contributed by atoms with Gasteiger partial charge in [0.25, 0.3) is 0 Å². The van der Waals surface area contributed by atoms with E-state index in [0.29, 0.717) is 5.69 Å². The van der Waals surface area contributed by atoms with Crippen molar-refractivity contribution in [3.8, 4) is 0 Å². The van der Waals surface area contributed by atoms with E-state index in [1.54, 1.807) is 6.20 Å². The van der Waals surface area contributed by atoms with Gasteiger partial charge in [-0.05, 0) is 25.0 Å². The molecular formula is C16H21N3O. The number of aliphatic hydroxyl groups excluding tert-OH is 1. The monoisotopic (exact) mass is 271 g/mol. The molecule has 1 fully saturated rings. The lowest BCUT2D eigenvalue weighted by atomic mass is 9.82. The molecule has 4 heteroatoms. The van der Waals surface area contributed by atoms with Gasteiger partial charge in [0.2, 0.25) is 0 Å². The standard InChI is InChI=1S/C16H21N3O/c17-13-6-4-5-12-14(7-10-18-15(12)13)19-16(11-20)8-2-1-3-9-16/h4-7,10,20H,1-3,8-9,11,17H2,(H,18,19). The summed E-state index contributed by atoms with van der Waals surface area (Å²) in [6, 6.07) is 7.79. The van der Waals surface area contributed by atoms with Crippen LogP contribution in [0.25, 0.3) is 10.9 Å². The Labute approximate surface area is 119 Å². The molecule has 4 N–H and O–H groups in total. The van der Waals surface area contributed by atoms with Gasteiger partial charge in [0.15, 0.2) is 0 Å². The van der Waals surface area contributed by atoms with Crippen LogP contribution in [0, 0.1) is 0 Å². The zero-order chi connectivity index (χ0) is 14.0. The Morgan fingerprint density at radius 1 is 1.20 bits per heavy atom. The number of pyridine rings is 1. The van der Waals surface area contributed by atoms with Crippen LogP contribution in [-0.4, -0.2) is 22.2 Å². The van der Waals surface area contributed by atoms with Gasteiger partial charge < -0.3 is 16.2 Å². The molecule has 1 aromatic carbocycles. The fraction of sp³-hybridized carbons (Fsp3) is 0.438. The summed E-state index contributed by atoms with van der Waals surface area (Å²) in [5.74, 6) is 0. The number of aliphatic hydroxyl groups is 1. The Hall–Kier alpha value is -1.81. The first-order valence-electron chi connectivity index (χ1n) is 7.26. The van der Waals surface area contributed by atoms with E-state index in [2.05, 4.69) is 10.3 Å². The van der Waals surface area contributed by atoms with E-state index >= 15 is 0 Å². The van der Waals surface area contributed by atoms with Gasteiger partial charge in [0.05, 0.1) is 23.3 Å². The molecule has 1 heterocycles. The third kappa shape index (κ3) is 2.31. The van der Waals surface area contributed by atoms with Crippen molar-refractivity contribution in [1.82, 2.24) is 4.98 Å². The predicted molar refractivity (Wildman–Crippen MR) is 82.7 cm³/mol. The van der Waals surface area contributed by atoms with Crippen molar-refractivity contribution in [1.29, 1.82) is 0 Å². The maximum absolute atomic E-state index is 9.83. The van der Waals surface area contributed by atoms with E-state index in [0.717, 1.165) is 29.4 Å². The molecule has 3 rings (SSSR count). The summed E-state index contributed by atoms with van der Waals surface area (Å²) in [4.78, 5) is 4.36. The van der Waals surface area contributed by atoms with Crippen LogP contribution < -0.4 is 11.1 Å². The summed E-state index contributed by atoms with van der Waals surface area (Å²) < 4.78 is 0. The summed E-state index contributed by atoms with van der Waals surface area (Å²) in [5, 5.41) is 14.4. The van der Waals surface area contributed by atoms with Crippen LogP contribution in [0.4, 0.5) is 11.4 Å². The Morgan fingerprint density at radius 3 is 2.75 bits per heavy atom. The number of para-hydroxylation sites is 1. The minimum absolute atomic E-state index is 0.166. The highest BCUT2D eigenvalue weighted by Crippen LogP contribution is 2.34. The molecule has 1 aromatic heterocycles. The summed E-state index contributed by atoms with van der Waals surface area (Å²) >= 11 is 0. The number of hydrogen-bond acceptors (Lipinski definition) is 4. The van der Waals surface area contributed by atoms with E-state index < -0.39 is 0 Å². The van der Waals surface area contributed by atoms with Crippen LogP contribution in [0.5, 0.6) is 0 Å². The molecule has 0 bridgehead atoms. The lowest BCUT2D eigenvalue weighted by Gasteiger charge is -2.37. The second-order valence-electron chi connectivity index (χ2n) is 5.73. The van der Waals surface area contributed by atoms with Crippen molar-refractivity contribution in [2.45, 2.75) is 37.6 Å². The first-order valence-corrected chi connectivity index (χ1v) is 7.26. The van der Waals surface area contributed by atoms with Gasteiger partial charge in [-0.3, -0.25) is 4.98 Å². The normalized spacial score (nSPS) is 18.1. The number of hydrogen-bond donors (Lipinski definition) is 3. The molecule has 106 valence electrons. The van der Waals surface area contributed by atoms with Gasteiger partial charge in [0, 0.05) is 17.3 Å². The molecule has 20 heavy (non-hydrogen) atoms. The Morgan fingerprint density at radius 2 is 2.00 bits per heavy atom. The molecule has 0 spiro atoms. The molecule has 1 saturated carbocycles. The maximum Gasteiger partial charge on any atom is 0.0951 e. The number of nitrogens with one attached hydrogen (secondary N) is 1. The number of nitrogens with zero attached hydrogens (tertiary/aromatic N) is 1. The minimum Gasteiger partial charge on any atom is -0.397 e. The highest BCUT2D eigenvalue weighted by Gasteiger charge is 2.31. The predicted octanol–water partition coefficient (Wildman–Crippen LogP) is 2.92. The third-order valence-electron chi connectivity index (χ3n) is 4.32. The van der Waals surface area contributed by atoms with Crippen molar-refractivity contribution < 1.29 is 5.11 Å². The Balaban J connectivity index is 2.00. The van der Waals surface area contributed by atoms with Gasteiger partial charge in [0.1, 0.15) is 0 Å². The van der Waals surface area contributed by atoms with Crippen LogP contribution in [0.2, 0.25) is 0 Å². The van der Waals surface area contributed by atoms with Gasteiger partial charge in [-0.2, -0.15) is 0 Å². The van der Waals surface area contributed by atoms with Crippen LogP contribution in [-0.2, 0) is 0 Å². The van der Waals surface area contributed by atoms with E-state index in [1.807, 2.05) is 24.3 Å². The summed E-state index contributed by atoms with van der Waals surface area (Å²) in [6.07, 6.45) is 7.38. The first kappa shape index (κ1) is 13.2. The largest absolute Gasteiger partial charge is 0.397 e. The van der Waals surface area contributed by atoms with Gasteiger partial charge in [-0.1, -0.05) is 31.4 Å². The average molecular weight is 271 g/mol. The average Bonchev–Trinajstić information content (AvgIpc) is 2.49. The van der Waals surface area contributed by atoms with Gasteiger partial charge in [-0.25, -0.2) is 0 Å². The first-order chi connectivity index (χ1) is 9.74. The van der Waals surface area contributed by atoms with Crippen molar-refractivity contribution >= 4 is 22.3 Å². The lowest BCUT2D eigenvalue weighted by Crippen LogP contribution is -2.43. The van der Waals surface area contributed by atoms with Crippen LogP contribution in [0.3, 0.4) is 0 Å². The van der Waals surface area contributed by atoms with E-state index in [1.165, 1.54) is 19.3 Å². The van der Waals surface area contributed by atoms with Crippen LogP contribution >= 0.6 is 0 Å². The zero-order valence-corrected chi connectivity index (χ0v) is 11.6. The van der Waals surface area contributed by atoms with Crippen LogP contribution in [0.1, 0.15) is 32.1 Å². The molecule has 4 nitrogen and oxygen atoms in total. The molecule has 0 unspecified atom stereocenters. The molecule has 0 aliphatic heterocycles. The topological polar surface area (TPSA) is 71.2 Å². The second kappa shape index (κ2) is 5.29. The van der Waals surface area contributed by atoms with Gasteiger partial charge in [-0.15, -0.1) is 0 Å². The fourth-order valence-electron chi connectivity index (χ4n) is 3.14. The number of benzene rings is 1.